The molecule has 1 aliphatic rings. The van der Waals surface area contributed by atoms with E-state index in [0.717, 1.165) is 11.6 Å². The van der Waals surface area contributed by atoms with Gasteiger partial charge >= 0.3 is 5.97 Å². The van der Waals surface area contributed by atoms with Crippen molar-refractivity contribution in [3.05, 3.63) is 118 Å². The average molecular weight is 928 g/mol. The van der Waals surface area contributed by atoms with Crippen molar-refractivity contribution in [2.24, 2.45) is 11.0 Å². The highest BCUT2D eigenvalue weighted by Gasteiger charge is 2.52. The van der Waals surface area contributed by atoms with Gasteiger partial charge in [-0.2, -0.15) is 0 Å². The van der Waals surface area contributed by atoms with Gasteiger partial charge in [0.25, 0.3) is 8.32 Å². The van der Waals surface area contributed by atoms with Crippen molar-refractivity contribution in [3.8, 4) is 5.75 Å². The molecule has 0 aromatic heterocycles. The maximum Gasteiger partial charge on any atom is 0.339 e. The van der Waals surface area contributed by atoms with Crippen LogP contribution in [-0.4, -0.2) is 80.6 Å². The first kappa shape index (κ1) is 52.8. The standard InChI is InChI=1S/C51H77N3O7Si3/c1-37(39(3)60-64(50(7,8)9,40-23-19-17-20-24-40)41-25-21-18-22-26-41)27-31-45(61-63(15,16)49(4,5)6)47-44(58-51(10,11)59-47)32-29-42-43(56-34-33-53-54-52)30-28-38(2)46(42)48(55)57-35-36-62(12,13)14/h17-32,37,39,44-45,47H,33-36H2,1-16H3/b31-27-,32-29+/t37-,39+,44-,45?,47+/m1/s1. The lowest BCUT2D eigenvalue weighted by Crippen LogP contribution is -2.67. The van der Waals surface area contributed by atoms with Gasteiger partial charge in [-0.15, -0.1) is 0 Å². The zero-order valence-electron chi connectivity index (χ0n) is 41.7. The highest BCUT2D eigenvalue weighted by Crippen LogP contribution is 2.42. The molecule has 10 nitrogen and oxygen atoms in total. The molecule has 1 fully saturated rings. The number of azide groups is 1. The highest BCUT2D eigenvalue weighted by atomic mass is 28.4. The molecule has 3 aromatic rings. The molecule has 0 amide bonds. The number of ether oxygens (including phenoxy) is 4. The van der Waals surface area contributed by atoms with E-state index in [4.69, 9.17) is 33.3 Å². The summed E-state index contributed by atoms with van der Waals surface area (Å²) in [7, 11) is -6.66. The first-order valence-electron chi connectivity index (χ1n) is 22.9. The summed E-state index contributed by atoms with van der Waals surface area (Å²) in [6, 6.07) is 26.0. The van der Waals surface area contributed by atoms with Crippen molar-refractivity contribution < 1.29 is 32.6 Å². The Kier molecular flexibility index (Phi) is 17.9. The Balaban J connectivity index is 1.78. The fourth-order valence-electron chi connectivity index (χ4n) is 7.70. The van der Waals surface area contributed by atoms with Gasteiger partial charge in [-0.25, -0.2) is 4.79 Å². The summed E-state index contributed by atoms with van der Waals surface area (Å²) < 4.78 is 40.3. The number of esters is 1. The zero-order valence-corrected chi connectivity index (χ0v) is 44.7. The molecule has 1 saturated heterocycles. The number of hydrogen-bond donors (Lipinski definition) is 0. The lowest BCUT2D eigenvalue weighted by Gasteiger charge is -2.45. The van der Waals surface area contributed by atoms with Crippen LogP contribution in [0.5, 0.6) is 5.75 Å². The summed E-state index contributed by atoms with van der Waals surface area (Å²) in [4.78, 5) is 16.7. The van der Waals surface area contributed by atoms with Crippen LogP contribution in [0.4, 0.5) is 0 Å². The summed E-state index contributed by atoms with van der Waals surface area (Å²) in [5.74, 6) is -0.877. The summed E-state index contributed by atoms with van der Waals surface area (Å²) in [5.41, 5.74) is 10.6. The molecule has 0 saturated carbocycles. The van der Waals surface area contributed by atoms with E-state index in [-0.39, 0.29) is 35.3 Å². The maximum absolute atomic E-state index is 13.9. The first-order valence-corrected chi connectivity index (χ1v) is 31.4. The van der Waals surface area contributed by atoms with Crippen molar-refractivity contribution in [1.82, 2.24) is 0 Å². The number of carbonyl (C=O) groups excluding carboxylic acids is 1. The van der Waals surface area contributed by atoms with E-state index in [2.05, 4.69) is 171 Å². The third kappa shape index (κ3) is 13.6. The van der Waals surface area contributed by atoms with Gasteiger partial charge in [0.15, 0.2) is 14.1 Å². The molecule has 350 valence electrons. The molecule has 0 radical (unpaired) electrons. The summed E-state index contributed by atoms with van der Waals surface area (Å²) >= 11 is 0. The molecule has 0 N–H and O–H groups in total. The highest BCUT2D eigenvalue weighted by molar-refractivity contribution is 6.99. The number of carbonyl (C=O) groups is 1. The van der Waals surface area contributed by atoms with Gasteiger partial charge in [0.1, 0.15) is 18.0 Å². The molecule has 13 heteroatoms. The van der Waals surface area contributed by atoms with Crippen molar-refractivity contribution in [2.75, 3.05) is 19.8 Å². The molecular formula is C51H77N3O7Si3. The Labute approximate surface area is 388 Å². The zero-order chi connectivity index (χ0) is 47.7. The topological polar surface area (TPSA) is 121 Å². The van der Waals surface area contributed by atoms with Crippen LogP contribution < -0.4 is 15.1 Å². The fraction of sp³-hybridized carbons (Fsp3) is 0.549. The molecule has 0 aliphatic carbocycles. The summed E-state index contributed by atoms with van der Waals surface area (Å²) in [6.45, 7) is 35.6. The van der Waals surface area contributed by atoms with Crippen molar-refractivity contribution in [2.45, 2.75) is 155 Å². The first-order chi connectivity index (χ1) is 29.7. The Morgan fingerprint density at radius 3 is 1.97 bits per heavy atom. The van der Waals surface area contributed by atoms with Crippen LogP contribution >= 0.6 is 0 Å². The van der Waals surface area contributed by atoms with Crippen molar-refractivity contribution >= 4 is 47.1 Å². The fourth-order valence-corrected chi connectivity index (χ4v) is 14.4. The van der Waals surface area contributed by atoms with E-state index in [9.17, 15) is 4.79 Å². The average Bonchev–Trinajstić information content (AvgIpc) is 3.52. The maximum atomic E-state index is 13.9. The molecule has 0 spiro atoms. The summed E-state index contributed by atoms with van der Waals surface area (Å²) in [6.07, 6.45) is 6.47. The molecule has 1 aliphatic heterocycles. The predicted molar refractivity (Wildman–Crippen MR) is 271 cm³/mol. The van der Waals surface area contributed by atoms with E-state index in [1.807, 2.05) is 45.1 Å². The van der Waals surface area contributed by atoms with Crippen LogP contribution in [0.1, 0.15) is 90.7 Å². The second kappa shape index (κ2) is 21.7. The molecular weight excluding hydrogens is 851 g/mol. The lowest BCUT2D eigenvalue weighted by atomic mass is 9.98. The van der Waals surface area contributed by atoms with Gasteiger partial charge in [-0.05, 0) is 90.4 Å². The molecule has 64 heavy (non-hydrogen) atoms. The van der Waals surface area contributed by atoms with E-state index in [1.54, 1.807) is 0 Å². The number of nitrogens with zero attached hydrogens (tertiary/aromatic N) is 3. The van der Waals surface area contributed by atoms with Crippen LogP contribution in [0.15, 0.2) is 96.1 Å². The second-order valence-electron chi connectivity index (χ2n) is 21.4. The normalized spacial score (nSPS) is 18.8. The monoisotopic (exact) mass is 928 g/mol. The van der Waals surface area contributed by atoms with Crippen LogP contribution in [0.2, 0.25) is 48.9 Å². The molecule has 4 rings (SSSR count). The Hall–Kier alpha value is -3.79. The van der Waals surface area contributed by atoms with Gasteiger partial charge < -0.3 is 27.8 Å². The number of hydrogen-bond acceptors (Lipinski definition) is 8. The Morgan fingerprint density at radius 1 is 0.844 bits per heavy atom. The minimum absolute atomic E-state index is 0.00313. The van der Waals surface area contributed by atoms with E-state index in [1.165, 1.54) is 10.4 Å². The molecule has 1 unspecified atom stereocenters. The minimum Gasteiger partial charge on any atom is -0.493 e. The van der Waals surface area contributed by atoms with E-state index in [0.29, 0.717) is 23.5 Å². The smallest absolute Gasteiger partial charge is 0.339 e. The van der Waals surface area contributed by atoms with Crippen LogP contribution in [0.3, 0.4) is 0 Å². The second-order valence-corrected chi connectivity index (χ2v) is 36.0. The third-order valence-corrected chi connectivity index (χ3v) is 23.8. The van der Waals surface area contributed by atoms with E-state index < -0.39 is 54.8 Å². The van der Waals surface area contributed by atoms with Gasteiger partial charge in [0.2, 0.25) is 0 Å². The van der Waals surface area contributed by atoms with Crippen molar-refractivity contribution in [3.63, 3.8) is 0 Å². The quantitative estimate of drug-likeness (QED) is 0.0210. The number of rotatable bonds is 20. The lowest BCUT2D eigenvalue weighted by molar-refractivity contribution is -0.149. The Bertz CT molecular complexity index is 2060. The van der Waals surface area contributed by atoms with Crippen molar-refractivity contribution in [1.29, 1.82) is 0 Å². The number of aryl methyl sites for hydroxylation is 1. The predicted octanol–water partition coefficient (Wildman–Crippen LogP) is 12.3. The summed E-state index contributed by atoms with van der Waals surface area (Å²) in [5, 5.41) is 5.87. The SMILES string of the molecule is Cc1ccc(OCCN=[N+]=[N-])c(/C=C/[C@H]2OC(C)(C)O[C@@H]2C(/C=C\[C@@H](C)[C@H](C)O[Si](c2ccccc2)(c2ccccc2)C(C)(C)C)O[Si](C)(C)C(C)(C)C)c1C(=O)OCC[Si](C)(C)C. The van der Waals surface area contributed by atoms with Gasteiger partial charge in [0, 0.05) is 24.7 Å². The molecule has 5 atom stereocenters. The van der Waals surface area contributed by atoms with Crippen LogP contribution in [0, 0.1) is 12.8 Å². The van der Waals surface area contributed by atoms with Crippen LogP contribution in [0.25, 0.3) is 16.5 Å². The largest absolute Gasteiger partial charge is 0.493 e. The van der Waals surface area contributed by atoms with Crippen LogP contribution in [-0.2, 0) is 23.1 Å². The Morgan fingerprint density at radius 2 is 1.44 bits per heavy atom. The van der Waals surface area contributed by atoms with Gasteiger partial charge in [-0.3, -0.25) is 0 Å². The third-order valence-electron chi connectivity index (χ3n) is 12.5. The molecule has 1 heterocycles. The van der Waals surface area contributed by atoms with Gasteiger partial charge in [0.05, 0.1) is 31.4 Å². The van der Waals surface area contributed by atoms with Gasteiger partial charge in [-0.1, -0.05) is 164 Å². The number of benzene rings is 3. The van der Waals surface area contributed by atoms with E-state index >= 15 is 0 Å². The minimum atomic E-state index is -2.82. The molecule has 0 bridgehead atoms. The molecule has 3 aromatic carbocycles.